The van der Waals surface area contributed by atoms with Gasteiger partial charge in [-0.15, -0.1) is 6.42 Å². The Morgan fingerprint density at radius 2 is 0.547 bits per heavy atom. The smallest absolute Gasteiger partial charge is 0.222 e. The summed E-state index contributed by atoms with van der Waals surface area (Å²) < 4.78 is 75.7. The molecule has 318 valence electrons. The number of rotatable bonds is 43. The largest absolute Gasteiger partial charge is 0.379 e. The highest BCUT2D eigenvalue weighted by Crippen LogP contribution is 1.88. The number of amides is 1. The lowest BCUT2D eigenvalue weighted by atomic mass is 10.4. The molecular weight excluding hydrogens is 702 g/mol. The Bertz CT molecular complexity index is 698. The van der Waals surface area contributed by atoms with Gasteiger partial charge in [0.25, 0.3) is 0 Å². The second-order valence-corrected chi connectivity index (χ2v) is 9.64. The van der Waals surface area contributed by atoms with Crippen LogP contribution in [0.2, 0.25) is 0 Å². The van der Waals surface area contributed by atoms with Crippen molar-refractivity contribution in [1.82, 2.24) is 5.32 Å². The maximum Gasteiger partial charge on any atom is 0.222 e. The molecule has 18 nitrogen and oxygen atoms in total. The maximum atomic E-state index is 11.0. The minimum Gasteiger partial charge on any atom is -0.379 e. The number of ether oxygens (including phenoxy) is 14. The van der Waals surface area contributed by atoms with Crippen LogP contribution >= 0.6 is 0 Å². The number of carbonyl (C=O) groups is 1. The van der Waals surface area contributed by atoms with Crippen LogP contribution in [0.25, 0.3) is 0 Å². The van der Waals surface area contributed by atoms with E-state index < -0.39 is 0 Å². The Kier molecular flexibility index (Phi) is 60.1. The van der Waals surface area contributed by atoms with Crippen LogP contribution in [0, 0.1) is 12.3 Å². The summed E-state index contributed by atoms with van der Waals surface area (Å²) in [6.45, 7) is 13.5. The number of nitrogens with one attached hydrogen (secondary N) is 1. The molecule has 0 heterocycles. The predicted molar refractivity (Wildman–Crippen MR) is 199 cm³/mol. The summed E-state index contributed by atoms with van der Waals surface area (Å²) in [4.78, 5) is 11.0. The van der Waals surface area contributed by atoms with Crippen molar-refractivity contribution in [2.45, 2.75) is 6.42 Å². The molecule has 0 aliphatic heterocycles. The van der Waals surface area contributed by atoms with Gasteiger partial charge in [-0.2, -0.15) is 0 Å². The van der Waals surface area contributed by atoms with Gasteiger partial charge in [0.15, 0.2) is 0 Å². The summed E-state index contributed by atoms with van der Waals surface area (Å²) >= 11 is 0. The highest BCUT2D eigenvalue weighted by Gasteiger charge is 1.99. The molecule has 0 radical (unpaired) electrons. The monoisotopic (exact) mass is 776 g/mol. The lowest BCUT2D eigenvalue weighted by Crippen LogP contribution is -2.20. The maximum absolute atomic E-state index is 11.0. The van der Waals surface area contributed by atoms with E-state index in [-0.39, 0.29) is 5.91 Å². The zero-order valence-electron chi connectivity index (χ0n) is 32.9. The van der Waals surface area contributed by atoms with Crippen LogP contribution in [0.3, 0.4) is 0 Å². The minimum atomic E-state index is -0.0383. The molecule has 5 N–H and O–H groups in total. The molecule has 0 aromatic rings. The molecule has 0 saturated heterocycles. The van der Waals surface area contributed by atoms with E-state index in [1.807, 2.05) is 0 Å². The zero-order valence-corrected chi connectivity index (χ0v) is 32.9. The summed E-state index contributed by atoms with van der Waals surface area (Å²) in [5.74, 6) is 2.36. The van der Waals surface area contributed by atoms with Gasteiger partial charge >= 0.3 is 0 Å². The summed E-state index contributed by atoms with van der Waals surface area (Å²) in [7, 11) is 4.60. The van der Waals surface area contributed by atoms with E-state index in [0.29, 0.717) is 191 Å². The summed E-state index contributed by atoms with van der Waals surface area (Å²) in [6.07, 6.45) is 5.43. The molecule has 18 heteroatoms. The Morgan fingerprint density at radius 1 is 0.377 bits per heavy atom. The number of hydrogen-bond acceptors (Lipinski definition) is 17. The van der Waals surface area contributed by atoms with Crippen LogP contribution in [-0.4, -0.2) is 212 Å². The normalized spacial score (nSPS) is 10.6. The summed E-state index contributed by atoms with van der Waals surface area (Å²) in [5, 5.41) is 2.54. The molecule has 1 amide bonds. The molecule has 0 unspecified atom stereocenters. The van der Waals surface area contributed by atoms with E-state index in [4.69, 9.17) is 72.7 Å². The number of terminal acetylenes is 1. The Morgan fingerprint density at radius 3 is 0.717 bits per heavy atom. The van der Waals surface area contributed by atoms with Gasteiger partial charge in [0.05, 0.1) is 178 Å². The van der Waals surface area contributed by atoms with Crippen molar-refractivity contribution in [2.75, 3.05) is 206 Å². The van der Waals surface area contributed by atoms with E-state index in [1.165, 1.54) is 14.1 Å². The topological polar surface area (TPSA) is 210 Å². The van der Waals surface area contributed by atoms with Crippen molar-refractivity contribution in [3.8, 4) is 12.3 Å². The molecule has 0 aromatic carbocycles. The fraction of sp³-hybridized carbons (Fsp3) is 0.914. The van der Waals surface area contributed by atoms with Crippen molar-refractivity contribution < 1.29 is 71.1 Å². The Labute approximate surface area is 318 Å². The Hall–Kier alpha value is -1.61. The van der Waals surface area contributed by atoms with Crippen molar-refractivity contribution in [3.63, 3.8) is 0 Å². The summed E-state index contributed by atoms with van der Waals surface area (Å²) in [6, 6.07) is 0. The van der Waals surface area contributed by atoms with Crippen molar-refractivity contribution in [2.24, 2.45) is 11.5 Å². The third-order valence-electron chi connectivity index (χ3n) is 5.77. The first kappa shape index (κ1) is 55.7. The second-order valence-electron chi connectivity index (χ2n) is 9.64. The van der Waals surface area contributed by atoms with Crippen LogP contribution in [0.15, 0.2) is 0 Å². The van der Waals surface area contributed by atoms with Gasteiger partial charge in [-0.05, 0) is 14.1 Å². The van der Waals surface area contributed by atoms with Crippen molar-refractivity contribution in [1.29, 1.82) is 0 Å². The fourth-order valence-corrected chi connectivity index (χ4v) is 3.28. The zero-order chi connectivity index (χ0) is 39.4. The van der Waals surface area contributed by atoms with E-state index in [9.17, 15) is 4.79 Å². The van der Waals surface area contributed by atoms with Crippen molar-refractivity contribution in [3.05, 3.63) is 0 Å². The second kappa shape index (κ2) is 57.1. The SMILES string of the molecule is C#CCOCCOCCOCCOCCOCCOCCOCCOCCOCCOCCOCCOCCOCCOCCC(=O)NC.CN.CN. The average Bonchev–Trinajstić information content (AvgIpc) is 3.19. The molecule has 0 aliphatic rings. The lowest BCUT2D eigenvalue weighted by Gasteiger charge is -2.09. The minimum absolute atomic E-state index is 0.0383. The molecule has 0 bridgehead atoms. The third-order valence-corrected chi connectivity index (χ3v) is 5.77. The van der Waals surface area contributed by atoms with E-state index in [2.05, 4.69) is 22.7 Å². The van der Waals surface area contributed by atoms with Gasteiger partial charge in [-0.1, -0.05) is 5.92 Å². The first-order chi connectivity index (χ1) is 26.3. The highest BCUT2D eigenvalue weighted by molar-refractivity contribution is 5.75. The first-order valence-electron chi connectivity index (χ1n) is 18.2. The van der Waals surface area contributed by atoms with Crippen LogP contribution in [0.4, 0.5) is 0 Å². The van der Waals surface area contributed by atoms with E-state index in [1.54, 1.807) is 7.05 Å². The molecule has 53 heavy (non-hydrogen) atoms. The molecule has 0 saturated carbocycles. The van der Waals surface area contributed by atoms with Gasteiger partial charge in [-0.25, -0.2) is 0 Å². The van der Waals surface area contributed by atoms with Gasteiger partial charge in [0, 0.05) is 13.5 Å². The quantitative estimate of drug-likeness (QED) is 0.0508. The fourth-order valence-electron chi connectivity index (χ4n) is 3.28. The highest BCUT2D eigenvalue weighted by atomic mass is 16.6. The van der Waals surface area contributed by atoms with Gasteiger partial charge in [-0.3, -0.25) is 4.79 Å². The summed E-state index contributed by atoms with van der Waals surface area (Å²) in [5.41, 5.74) is 9.00. The number of carbonyl (C=O) groups excluding carboxylic acids is 1. The molecule has 0 atom stereocenters. The Balaban J connectivity index is -0.00000602. The van der Waals surface area contributed by atoms with Gasteiger partial charge in [0.2, 0.25) is 5.91 Å². The molecule has 0 aliphatic carbocycles. The average molecular weight is 776 g/mol. The van der Waals surface area contributed by atoms with Gasteiger partial charge < -0.3 is 83.1 Å². The van der Waals surface area contributed by atoms with E-state index in [0.717, 1.165) is 0 Å². The van der Waals surface area contributed by atoms with Crippen molar-refractivity contribution >= 4 is 5.91 Å². The van der Waals surface area contributed by atoms with Crippen LogP contribution in [0.1, 0.15) is 6.42 Å². The molecular formula is C35H73N3O15. The molecule has 0 rings (SSSR count). The first-order valence-corrected chi connectivity index (χ1v) is 18.2. The van der Waals surface area contributed by atoms with Crippen LogP contribution in [0.5, 0.6) is 0 Å². The van der Waals surface area contributed by atoms with Crippen LogP contribution < -0.4 is 16.8 Å². The standard InChI is InChI=1S/C33H63NO15.2CH5N/c1-3-5-36-7-9-38-11-13-40-15-17-42-19-21-44-23-25-46-27-29-48-31-32-49-30-28-47-26-24-45-22-20-43-18-16-41-14-12-39-10-8-37-6-4-33(35)34-2;2*1-2/h1H,4-32H2,2H3,(H,34,35);2*2H2,1H3. The number of nitrogens with two attached hydrogens (primary N) is 2. The predicted octanol–water partition coefficient (Wildman–Crippen LogP) is -0.862. The molecule has 0 aromatic heterocycles. The lowest BCUT2D eigenvalue weighted by molar-refractivity contribution is -0.121. The third kappa shape index (κ3) is 57.3. The van der Waals surface area contributed by atoms with E-state index >= 15 is 0 Å². The number of hydrogen-bond donors (Lipinski definition) is 3. The molecule has 0 spiro atoms. The molecule has 0 fully saturated rings. The van der Waals surface area contributed by atoms with Crippen LogP contribution in [-0.2, 0) is 71.1 Å². The van der Waals surface area contributed by atoms with Gasteiger partial charge in [0.1, 0.15) is 6.61 Å².